The van der Waals surface area contributed by atoms with Crippen LogP contribution in [0.5, 0.6) is 0 Å². The van der Waals surface area contributed by atoms with Crippen LogP contribution in [-0.2, 0) is 9.47 Å². The van der Waals surface area contributed by atoms with Crippen molar-refractivity contribution >= 4 is 23.4 Å². The smallest absolute Gasteiger partial charge is 0.408 e. The second kappa shape index (κ2) is 8.29. The Morgan fingerprint density at radius 2 is 2.00 bits per heavy atom. The maximum atomic E-state index is 12.0. The van der Waals surface area contributed by atoms with Crippen molar-refractivity contribution < 1.29 is 19.1 Å². The Balaban J connectivity index is 2.86. The molecule has 1 atom stereocenters. The van der Waals surface area contributed by atoms with Crippen LogP contribution in [0.2, 0.25) is 0 Å². The second-order valence-electron chi connectivity index (χ2n) is 6.62. The fourth-order valence-corrected chi connectivity index (χ4v) is 2.74. The molecule has 1 amide bonds. The molecule has 1 heterocycles. The molecule has 0 radical (unpaired) electrons. The van der Waals surface area contributed by atoms with Crippen LogP contribution < -0.4 is 5.32 Å². The zero-order valence-corrected chi connectivity index (χ0v) is 15.5. The average molecular weight is 342 g/mol. The number of nitrogens with zero attached hydrogens (tertiary/aromatic N) is 1. The fourth-order valence-electron chi connectivity index (χ4n) is 1.89. The van der Waals surface area contributed by atoms with Gasteiger partial charge in [-0.2, -0.15) is 0 Å². The van der Waals surface area contributed by atoms with Crippen LogP contribution in [0.15, 0.2) is 5.38 Å². The van der Waals surface area contributed by atoms with Crippen molar-refractivity contribution in [1.29, 1.82) is 0 Å². The first-order valence-corrected chi connectivity index (χ1v) is 8.62. The number of hydrogen-bond acceptors (Lipinski definition) is 6. The Morgan fingerprint density at radius 3 is 2.52 bits per heavy atom. The quantitative estimate of drug-likeness (QED) is 0.793. The van der Waals surface area contributed by atoms with Gasteiger partial charge in [0.2, 0.25) is 0 Å². The number of esters is 1. The average Bonchev–Trinajstić information content (AvgIpc) is 2.84. The van der Waals surface area contributed by atoms with Gasteiger partial charge in [-0.05, 0) is 40.0 Å². The van der Waals surface area contributed by atoms with Crippen LogP contribution in [0.3, 0.4) is 0 Å². The summed E-state index contributed by atoms with van der Waals surface area (Å²) in [6, 6.07) is -0.293. The number of aromatic nitrogens is 1. The van der Waals surface area contributed by atoms with Gasteiger partial charge in [0.1, 0.15) is 10.6 Å². The first-order valence-electron chi connectivity index (χ1n) is 7.74. The van der Waals surface area contributed by atoms with Crippen molar-refractivity contribution in [2.24, 2.45) is 5.92 Å². The topological polar surface area (TPSA) is 77.5 Å². The maximum absolute atomic E-state index is 12.0. The number of rotatable bonds is 6. The van der Waals surface area contributed by atoms with Gasteiger partial charge < -0.3 is 14.8 Å². The monoisotopic (exact) mass is 342 g/mol. The van der Waals surface area contributed by atoms with Gasteiger partial charge in [0.25, 0.3) is 0 Å². The second-order valence-corrected chi connectivity index (χ2v) is 7.51. The summed E-state index contributed by atoms with van der Waals surface area (Å²) < 4.78 is 10.2. The molecule has 1 aromatic rings. The van der Waals surface area contributed by atoms with Crippen molar-refractivity contribution in [2.75, 3.05) is 6.61 Å². The molecule has 0 aromatic carbocycles. The summed E-state index contributed by atoms with van der Waals surface area (Å²) >= 11 is 1.33. The van der Waals surface area contributed by atoms with E-state index in [0.717, 1.165) is 0 Å². The number of carbonyl (C=O) groups is 2. The summed E-state index contributed by atoms with van der Waals surface area (Å²) in [5.74, 6) is -0.0968. The molecule has 1 N–H and O–H groups in total. The van der Waals surface area contributed by atoms with E-state index in [4.69, 9.17) is 9.47 Å². The molecule has 7 heteroatoms. The minimum atomic E-state index is -0.564. The van der Waals surface area contributed by atoms with Gasteiger partial charge in [-0.3, -0.25) is 0 Å². The van der Waals surface area contributed by atoms with E-state index in [0.29, 0.717) is 24.0 Å². The molecular formula is C16H26N2O4S. The van der Waals surface area contributed by atoms with Crippen LogP contribution in [0.1, 0.15) is 69.5 Å². The molecule has 0 spiro atoms. The largest absolute Gasteiger partial charge is 0.461 e. The molecule has 0 unspecified atom stereocenters. The Bertz CT molecular complexity index is 534. The molecule has 6 nitrogen and oxygen atoms in total. The zero-order chi connectivity index (χ0) is 17.6. The number of amides is 1. The summed E-state index contributed by atoms with van der Waals surface area (Å²) in [5.41, 5.74) is -0.294. The van der Waals surface area contributed by atoms with E-state index in [9.17, 15) is 9.59 Å². The number of thiazole rings is 1. The summed E-state index contributed by atoms with van der Waals surface area (Å²) in [5, 5.41) is 5.16. The SMILES string of the molecule is CCOC(=O)c1csc([C@H](CC(C)C)NC(=O)OC(C)(C)C)n1. The lowest BCUT2D eigenvalue weighted by molar-refractivity contribution is 0.0497. The van der Waals surface area contributed by atoms with E-state index in [1.807, 2.05) is 20.8 Å². The third kappa shape index (κ3) is 6.99. The molecule has 0 saturated heterocycles. The summed E-state index contributed by atoms with van der Waals surface area (Å²) in [4.78, 5) is 28.0. The first kappa shape index (κ1) is 19.4. The highest BCUT2D eigenvalue weighted by atomic mass is 32.1. The number of nitrogens with one attached hydrogen (secondary N) is 1. The summed E-state index contributed by atoms with van der Waals surface area (Å²) in [6.45, 7) is 11.6. The van der Waals surface area contributed by atoms with E-state index in [2.05, 4.69) is 24.1 Å². The molecule has 0 fully saturated rings. The third-order valence-corrected chi connectivity index (χ3v) is 3.66. The van der Waals surface area contributed by atoms with Crippen molar-refractivity contribution in [3.05, 3.63) is 16.1 Å². The Labute approximate surface area is 141 Å². The first-order chi connectivity index (χ1) is 10.6. The lowest BCUT2D eigenvalue weighted by Gasteiger charge is -2.23. The molecule has 0 aliphatic rings. The molecule has 0 aliphatic heterocycles. The maximum Gasteiger partial charge on any atom is 0.408 e. The predicted octanol–water partition coefficient (Wildman–Crippen LogP) is 3.93. The normalized spacial score (nSPS) is 12.8. The van der Waals surface area contributed by atoms with Gasteiger partial charge in [-0.15, -0.1) is 11.3 Å². The van der Waals surface area contributed by atoms with Gasteiger partial charge >= 0.3 is 12.1 Å². The highest BCUT2D eigenvalue weighted by Crippen LogP contribution is 2.25. The Morgan fingerprint density at radius 1 is 1.35 bits per heavy atom. The lowest BCUT2D eigenvalue weighted by Crippen LogP contribution is -2.35. The van der Waals surface area contributed by atoms with Gasteiger partial charge in [0.15, 0.2) is 5.69 Å². The van der Waals surface area contributed by atoms with Crippen molar-refractivity contribution in [3.63, 3.8) is 0 Å². The van der Waals surface area contributed by atoms with Gasteiger partial charge in [0.05, 0.1) is 12.6 Å². The molecule has 0 aliphatic carbocycles. The van der Waals surface area contributed by atoms with Crippen LogP contribution >= 0.6 is 11.3 Å². The van der Waals surface area contributed by atoms with E-state index in [1.165, 1.54) is 11.3 Å². The Kier molecular flexibility index (Phi) is 7.00. The summed E-state index contributed by atoms with van der Waals surface area (Å²) in [6.07, 6.45) is 0.214. The third-order valence-electron chi connectivity index (χ3n) is 2.70. The fraction of sp³-hybridized carbons (Fsp3) is 0.688. The number of hydrogen-bond donors (Lipinski definition) is 1. The zero-order valence-electron chi connectivity index (χ0n) is 14.6. The molecule has 0 saturated carbocycles. The number of alkyl carbamates (subject to hydrolysis) is 1. The van der Waals surface area contributed by atoms with Crippen LogP contribution in [0.25, 0.3) is 0 Å². The highest BCUT2D eigenvalue weighted by Gasteiger charge is 2.24. The molecular weight excluding hydrogens is 316 g/mol. The number of ether oxygens (including phenoxy) is 2. The molecule has 0 bridgehead atoms. The van der Waals surface area contributed by atoms with E-state index < -0.39 is 17.7 Å². The van der Waals surface area contributed by atoms with E-state index in [-0.39, 0.29) is 11.7 Å². The minimum absolute atomic E-state index is 0.270. The van der Waals surface area contributed by atoms with Gasteiger partial charge in [0, 0.05) is 5.38 Å². The van der Waals surface area contributed by atoms with Gasteiger partial charge in [-0.25, -0.2) is 14.6 Å². The van der Waals surface area contributed by atoms with E-state index in [1.54, 1.807) is 12.3 Å². The van der Waals surface area contributed by atoms with Crippen LogP contribution in [0.4, 0.5) is 4.79 Å². The predicted molar refractivity (Wildman–Crippen MR) is 89.6 cm³/mol. The molecule has 23 heavy (non-hydrogen) atoms. The Hall–Kier alpha value is -1.63. The number of carbonyl (C=O) groups excluding carboxylic acids is 2. The van der Waals surface area contributed by atoms with E-state index >= 15 is 0 Å². The van der Waals surface area contributed by atoms with Crippen molar-refractivity contribution in [3.8, 4) is 0 Å². The van der Waals surface area contributed by atoms with Crippen LogP contribution in [0, 0.1) is 5.92 Å². The highest BCUT2D eigenvalue weighted by molar-refractivity contribution is 7.09. The minimum Gasteiger partial charge on any atom is -0.461 e. The lowest BCUT2D eigenvalue weighted by atomic mass is 10.0. The van der Waals surface area contributed by atoms with Crippen molar-refractivity contribution in [1.82, 2.24) is 10.3 Å². The standard InChI is InChI=1S/C16H26N2O4S/c1-7-21-14(19)12-9-23-13(17-12)11(8-10(2)3)18-15(20)22-16(4,5)6/h9-11H,7-8H2,1-6H3,(H,18,20)/t11-/m0/s1. The van der Waals surface area contributed by atoms with Gasteiger partial charge in [-0.1, -0.05) is 13.8 Å². The molecule has 130 valence electrons. The molecule has 1 rings (SSSR count). The molecule has 1 aromatic heterocycles. The van der Waals surface area contributed by atoms with Crippen molar-refractivity contribution in [2.45, 2.75) is 59.6 Å². The summed E-state index contributed by atoms with van der Waals surface area (Å²) in [7, 11) is 0. The van der Waals surface area contributed by atoms with Crippen LogP contribution in [-0.4, -0.2) is 29.3 Å².